The topological polar surface area (TPSA) is 75.6 Å². The van der Waals surface area contributed by atoms with Crippen LogP contribution in [0.5, 0.6) is 0 Å². The summed E-state index contributed by atoms with van der Waals surface area (Å²) in [6.45, 7) is 0.101. The van der Waals surface area contributed by atoms with Gasteiger partial charge in [-0.15, -0.1) is 0 Å². The fourth-order valence-electron chi connectivity index (χ4n) is 3.90. The normalized spacial score (nSPS) is 13.2. The molecule has 0 aromatic heterocycles. The average molecular weight is 456 g/mol. The van der Waals surface area contributed by atoms with E-state index in [0.29, 0.717) is 15.6 Å². The van der Waals surface area contributed by atoms with Gasteiger partial charge in [0.15, 0.2) is 0 Å². The number of fused-ring (bicyclic) bond motifs is 3. The third-order valence-electron chi connectivity index (χ3n) is 5.37. The van der Waals surface area contributed by atoms with Gasteiger partial charge in [-0.2, -0.15) is 0 Å². The first kappa shape index (κ1) is 21.2. The van der Waals surface area contributed by atoms with Crippen LogP contribution in [0.1, 0.15) is 22.6 Å². The number of alkyl carbamates (subject to hydrolysis) is 1. The van der Waals surface area contributed by atoms with Crippen molar-refractivity contribution in [1.29, 1.82) is 0 Å². The average Bonchev–Trinajstić information content (AvgIpc) is 3.08. The zero-order valence-corrected chi connectivity index (χ0v) is 17.9. The van der Waals surface area contributed by atoms with Crippen molar-refractivity contribution in [3.63, 3.8) is 0 Å². The summed E-state index contributed by atoms with van der Waals surface area (Å²) in [4.78, 5) is 24.1. The Labute approximate surface area is 189 Å². The SMILES string of the molecule is O=C(NC(Cc1cc(Cl)ccc1Cl)C(=O)O)OCC1c2ccccc2-c2ccccc21. The van der Waals surface area contributed by atoms with Crippen molar-refractivity contribution in [3.8, 4) is 11.1 Å². The molecule has 3 aromatic carbocycles. The van der Waals surface area contributed by atoms with Crippen LogP contribution < -0.4 is 5.32 Å². The molecule has 1 aliphatic rings. The number of ether oxygens (including phenoxy) is 1. The molecule has 0 aliphatic heterocycles. The summed E-state index contributed by atoms with van der Waals surface area (Å²) in [6.07, 6.45) is -0.814. The van der Waals surface area contributed by atoms with Crippen LogP contribution >= 0.6 is 23.2 Å². The lowest BCUT2D eigenvalue weighted by Gasteiger charge is -2.18. The first-order chi connectivity index (χ1) is 14.9. The predicted molar refractivity (Wildman–Crippen MR) is 120 cm³/mol. The van der Waals surface area contributed by atoms with Gasteiger partial charge in [-0.25, -0.2) is 9.59 Å². The van der Waals surface area contributed by atoms with E-state index in [1.165, 1.54) is 0 Å². The van der Waals surface area contributed by atoms with E-state index in [0.717, 1.165) is 22.3 Å². The quantitative estimate of drug-likeness (QED) is 0.512. The minimum Gasteiger partial charge on any atom is -0.480 e. The van der Waals surface area contributed by atoms with Gasteiger partial charge in [-0.1, -0.05) is 71.7 Å². The molecule has 0 saturated carbocycles. The van der Waals surface area contributed by atoms with Gasteiger partial charge < -0.3 is 15.2 Å². The molecule has 0 saturated heterocycles. The minimum absolute atomic E-state index is 0.0150. The van der Waals surface area contributed by atoms with E-state index in [9.17, 15) is 14.7 Å². The van der Waals surface area contributed by atoms with Gasteiger partial charge in [-0.3, -0.25) is 0 Å². The van der Waals surface area contributed by atoms with Crippen molar-refractivity contribution in [2.75, 3.05) is 6.61 Å². The van der Waals surface area contributed by atoms with E-state index in [1.807, 2.05) is 48.5 Å². The number of halogens is 2. The number of aliphatic carboxylic acids is 1. The van der Waals surface area contributed by atoms with Crippen molar-refractivity contribution in [2.24, 2.45) is 0 Å². The Morgan fingerprint density at radius 3 is 2.19 bits per heavy atom. The number of benzene rings is 3. The molecule has 1 amide bonds. The lowest BCUT2D eigenvalue weighted by atomic mass is 9.98. The Hall–Kier alpha value is -3.02. The number of hydrogen-bond acceptors (Lipinski definition) is 3. The molecule has 4 rings (SSSR count). The van der Waals surface area contributed by atoms with Crippen LogP contribution in [0.25, 0.3) is 11.1 Å². The number of carboxylic acids is 1. The monoisotopic (exact) mass is 455 g/mol. The van der Waals surface area contributed by atoms with Crippen LogP contribution in [0.3, 0.4) is 0 Å². The van der Waals surface area contributed by atoms with E-state index >= 15 is 0 Å². The van der Waals surface area contributed by atoms with Crippen LogP contribution in [0.2, 0.25) is 10.0 Å². The molecule has 1 atom stereocenters. The highest BCUT2D eigenvalue weighted by atomic mass is 35.5. The highest BCUT2D eigenvalue weighted by Crippen LogP contribution is 2.44. The van der Waals surface area contributed by atoms with E-state index in [1.54, 1.807) is 18.2 Å². The molecular weight excluding hydrogens is 437 g/mol. The Kier molecular flexibility index (Phi) is 6.16. The van der Waals surface area contributed by atoms with Crippen LogP contribution in [0, 0.1) is 0 Å². The summed E-state index contributed by atoms with van der Waals surface area (Å²) in [5, 5.41) is 12.8. The van der Waals surface area contributed by atoms with Crippen molar-refractivity contribution in [2.45, 2.75) is 18.4 Å². The van der Waals surface area contributed by atoms with Crippen LogP contribution in [0.4, 0.5) is 4.79 Å². The highest BCUT2D eigenvalue weighted by Gasteiger charge is 2.30. The molecule has 0 spiro atoms. The number of carbonyl (C=O) groups is 2. The second-order valence-corrected chi connectivity index (χ2v) is 8.14. The van der Waals surface area contributed by atoms with Crippen LogP contribution in [0.15, 0.2) is 66.7 Å². The minimum atomic E-state index is -1.20. The highest BCUT2D eigenvalue weighted by molar-refractivity contribution is 6.33. The first-order valence-corrected chi connectivity index (χ1v) is 10.5. The molecule has 0 heterocycles. The molecule has 0 bridgehead atoms. The first-order valence-electron chi connectivity index (χ1n) is 9.72. The Morgan fingerprint density at radius 1 is 0.968 bits per heavy atom. The molecule has 31 heavy (non-hydrogen) atoms. The molecule has 0 radical (unpaired) electrons. The third kappa shape index (κ3) is 4.53. The summed E-state index contributed by atoms with van der Waals surface area (Å²) < 4.78 is 5.44. The van der Waals surface area contributed by atoms with Crippen LogP contribution in [-0.2, 0) is 16.0 Å². The standard InChI is InChI=1S/C24H19Cl2NO4/c25-15-9-10-21(26)14(11-15)12-22(23(28)29)27-24(30)31-13-20-18-7-3-1-5-16(18)17-6-2-4-8-19(17)20/h1-11,20,22H,12-13H2,(H,27,30)(H,28,29). The summed E-state index contributed by atoms with van der Waals surface area (Å²) >= 11 is 12.1. The van der Waals surface area contributed by atoms with Crippen LogP contribution in [-0.4, -0.2) is 29.8 Å². The second-order valence-electron chi connectivity index (χ2n) is 7.30. The zero-order chi connectivity index (χ0) is 22.0. The largest absolute Gasteiger partial charge is 0.480 e. The molecule has 2 N–H and O–H groups in total. The van der Waals surface area contributed by atoms with Crippen molar-refractivity contribution < 1.29 is 19.4 Å². The molecule has 1 unspecified atom stereocenters. The molecule has 158 valence electrons. The maximum atomic E-state index is 12.4. The van der Waals surface area contributed by atoms with Gasteiger partial charge in [-0.05, 0) is 46.0 Å². The van der Waals surface area contributed by atoms with Crippen molar-refractivity contribution >= 4 is 35.3 Å². The number of rotatable bonds is 6. The predicted octanol–water partition coefficient (Wildman–Crippen LogP) is 5.53. The van der Waals surface area contributed by atoms with E-state index in [4.69, 9.17) is 27.9 Å². The molecule has 1 aliphatic carbocycles. The molecule has 3 aromatic rings. The second kappa shape index (κ2) is 9.00. The lowest BCUT2D eigenvalue weighted by molar-refractivity contribution is -0.139. The summed E-state index contributed by atoms with van der Waals surface area (Å²) in [5.74, 6) is -1.30. The maximum Gasteiger partial charge on any atom is 0.407 e. The van der Waals surface area contributed by atoms with E-state index in [-0.39, 0.29) is 18.9 Å². The third-order valence-corrected chi connectivity index (χ3v) is 5.97. The van der Waals surface area contributed by atoms with E-state index in [2.05, 4.69) is 5.32 Å². The maximum absolute atomic E-state index is 12.4. The smallest absolute Gasteiger partial charge is 0.407 e. The van der Waals surface area contributed by atoms with E-state index < -0.39 is 18.1 Å². The molecule has 5 nitrogen and oxygen atoms in total. The Balaban J connectivity index is 1.45. The van der Waals surface area contributed by atoms with Gasteiger partial charge in [0, 0.05) is 22.4 Å². The van der Waals surface area contributed by atoms with Gasteiger partial charge in [0.2, 0.25) is 0 Å². The van der Waals surface area contributed by atoms with Gasteiger partial charge in [0.05, 0.1) is 0 Å². The fraction of sp³-hybridized carbons (Fsp3) is 0.167. The number of carboxylic acid groups (broad SMARTS) is 1. The number of nitrogens with one attached hydrogen (secondary N) is 1. The Bertz CT molecular complexity index is 1100. The lowest BCUT2D eigenvalue weighted by Crippen LogP contribution is -2.43. The van der Waals surface area contributed by atoms with Gasteiger partial charge in [0.1, 0.15) is 12.6 Å². The molecular formula is C24H19Cl2NO4. The Morgan fingerprint density at radius 2 is 1.58 bits per heavy atom. The van der Waals surface area contributed by atoms with Crippen molar-refractivity contribution in [1.82, 2.24) is 5.32 Å². The summed E-state index contributed by atoms with van der Waals surface area (Å²) in [6, 6.07) is 19.6. The summed E-state index contributed by atoms with van der Waals surface area (Å²) in [7, 11) is 0. The molecule has 0 fully saturated rings. The number of amides is 1. The molecule has 7 heteroatoms. The fourth-order valence-corrected chi connectivity index (χ4v) is 4.29. The number of hydrogen-bond donors (Lipinski definition) is 2. The summed E-state index contributed by atoms with van der Waals surface area (Å²) in [5.41, 5.74) is 4.92. The number of carbonyl (C=O) groups excluding carboxylic acids is 1. The van der Waals surface area contributed by atoms with Gasteiger partial charge >= 0.3 is 12.1 Å². The van der Waals surface area contributed by atoms with Crippen molar-refractivity contribution in [3.05, 3.63) is 93.5 Å². The van der Waals surface area contributed by atoms with Gasteiger partial charge in [0.25, 0.3) is 0 Å². The zero-order valence-electron chi connectivity index (χ0n) is 16.3.